The van der Waals surface area contributed by atoms with Crippen LogP contribution in [0.1, 0.15) is 0 Å². The standard InChI is InChI=1S/C14H9ClN2/c15-14-8-13-11(9-16-14)6-7-12(17-13)10-4-2-1-3-5-10/h1-9H. The molecule has 0 fully saturated rings. The molecule has 2 aromatic heterocycles. The zero-order valence-electron chi connectivity index (χ0n) is 8.97. The Labute approximate surface area is 104 Å². The summed E-state index contributed by atoms with van der Waals surface area (Å²) in [5, 5.41) is 1.46. The van der Waals surface area contributed by atoms with Crippen LogP contribution in [-0.4, -0.2) is 9.97 Å². The third-order valence-corrected chi connectivity index (χ3v) is 2.82. The molecule has 3 rings (SSSR count). The Morgan fingerprint density at radius 1 is 0.941 bits per heavy atom. The number of fused-ring (bicyclic) bond motifs is 1. The summed E-state index contributed by atoms with van der Waals surface area (Å²) < 4.78 is 0. The fourth-order valence-corrected chi connectivity index (χ4v) is 1.91. The van der Waals surface area contributed by atoms with Crippen molar-refractivity contribution in [2.45, 2.75) is 0 Å². The van der Waals surface area contributed by atoms with Crippen molar-refractivity contribution in [3.05, 3.63) is 59.9 Å². The first-order chi connectivity index (χ1) is 8.33. The Morgan fingerprint density at radius 2 is 1.76 bits per heavy atom. The number of rotatable bonds is 1. The average molecular weight is 241 g/mol. The predicted molar refractivity (Wildman–Crippen MR) is 70.0 cm³/mol. The van der Waals surface area contributed by atoms with Crippen molar-refractivity contribution in [1.29, 1.82) is 0 Å². The highest BCUT2D eigenvalue weighted by molar-refractivity contribution is 6.29. The molecule has 0 bridgehead atoms. The van der Waals surface area contributed by atoms with Gasteiger partial charge in [0.15, 0.2) is 0 Å². The minimum atomic E-state index is 0.468. The molecule has 1 aromatic carbocycles. The van der Waals surface area contributed by atoms with Gasteiger partial charge in [-0.1, -0.05) is 41.9 Å². The van der Waals surface area contributed by atoms with Gasteiger partial charge >= 0.3 is 0 Å². The highest BCUT2D eigenvalue weighted by atomic mass is 35.5. The van der Waals surface area contributed by atoms with E-state index in [0.717, 1.165) is 22.2 Å². The van der Waals surface area contributed by atoms with Crippen molar-refractivity contribution in [2.24, 2.45) is 0 Å². The lowest BCUT2D eigenvalue weighted by atomic mass is 10.1. The summed E-state index contributed by atoms with van der Waals surface area (Å²) in [6.45, 7) is 0. The summed E-state index contributed by atoms with van der Waals surface area (Å²) in [6, 6.07) is 15.9. The SMILES string of the molecule is Clc1cc2nc(-c3ccccc3)ccc2cn1. The monoisotopic (exact) mass is 240 g/mol. The number of halogens is 1. The zero-order valence-corrected chi connectivity index (χ0v) is 9.72. The zero-order chi connectivity index (χ0) is 11.7. The average Bonchev–Trinajstić information content (AvgIpc) is 2.39. The van der Waals surface area contributed by atoms with Gasteiger partial charge in [-0.05, 0) is 12.1 Å². The van der Waals surface area contributed by atoms with Crippen molar-refractivity contribution in [2.75, 3.05) is 0 Å². The third kappa shape index (κ3) is 1.99. The Bertz CT molecular complexity index is 665. The first-order valence-corrected chi connectivity index (χ1v) is 5.68. The van der Waals surface area contributed by atoms with Gasteiger partial charge < -0.3 is 0 Å². The van der Waals surface area contributed by atoms with E-state index in [0.29, 0.717) is 5.15 Å². The van der Waals surface area contributed by atoms with Gasteiger partial charge in [0, 0.05) is 23.2 Å². The van der Waals surface area contributed by atoms with Crippen molar-refractivity contribution in [3.63, 3.8) is 0 Å². The lowest BCUT2D eigenvalue weighted by Crippen LogP contribution is -1.86. The first kappa shape index (κ1) is 10.2. The van der Waals surface area contributed by atoms with Gasteiger partial charge in [0.1, 0.15) is 5.15 Å². The smallest absolute Gasteiger partial charge is 0.131 e. The van der Waals surface area contributed by atoms with E-state index in [4.69, 9.17) is 11.6 Å². The van der Waals surface area contributed by atoms with Crippen LogP contribution in [0.2, 0.25) is 5.15 Å². The molecule has 0 saturated heterocycles. The van der Waals surface area contributed by atoms with Crippen molar-refractivity contribution in [3.8, 4) is 11.3 Å². The lowest BCUT2D eigenvalue weighted by Gasteiger charge is -2.02. The minimum Gasteiger partial charge on any atom is -0.248 e. The van der Waals surface area contributed by atoms with E-state index in [1.807, 2.05) is 42.5 Å². The Morgan fingerprint density at radius 3 is 2.59 bits per heavy atom. The number of benzene rings is 1. The molecule has 0 radical (unpaired) electrons. The van der Waals surface area contributed by atoms with E-state index < -0.39 is 0 Å². The first-order valence-electron chi connectivity index (χ1n) is 5.31. The summed E-state index contributed by atoms with van der Waals surface area (Å²) in [5.41, 5.74) is 2.91. The molecule has 2 heterocycles. The molecule has 0 aliphatic rings. The number of hydrogen-bond donors (Lipinski definition) is 0. The van der Waals surface area contributed by atoms with Gasteiger partial charge in [-0.3, -0.25) is 0 Å². The van der Waals surface area contributed by atoms with E-state index in [9.17, 15) is 0 Å². The number of pyridine rings is 2. The molecule has 0 aliphatic heterocycles. The van der Waals surface area contributed by atoms with Crippen molar-refractivity contribution in [1.82, 2.24) is 9.97 Å². The molecule has 2 nitrogen and oxygen atoms in total. The molecule has 0 amide bonds. The topological polar surface area (TPSA) is 25.8 Å². The van der Waals surface area contributed by atoms with Gasteiger partial charge in [0.05, 0.1) is 11.2 Å². The van der Waals surface area contributed by atoms with E-state index >= 15 is 0 Å². The highest BCUT2D eigenvalue weighted by Crippen LogP contribution is 2.21. The molecule has 0 N–H and O–H groups in total. The maximum absolute atomic E-state index is 5.87. The summed E-state index contributed by atoms with van der Waals surface area (Å²) >= 11 is 5.87. The van der Waals surface area contributed by atoms with Crippen LogP contribution in [0.5, 0.6) is 0 Å². The molecule has 0 spiro atoms. The Balaban J connectivity index is 2.19. The summed E-state index contributed by atoms with van der Waals surface area (Å²) in [7, 11) is 0. The van der Waals surface area contributed by atoms with E-state index in [-0.39, 0.29) is 0 Å². The summed E-state index contributed by atoms with van der Waals surface area (Å²) in [4.78, 5) is 8.62. The predicted octanol–water partition coefficient (Wildman–Crippen LogP) is 3.95. The number of aromatic nitrogens is 2. The molecule has 17 heavy (non-hydrogen) atoms. The molecule has 0 atom stereocenters. The number of hydrogen-bond acceptors (Lipinski definition) is 2. The Hall–Kier alpha value is -1.93. The maximum atomic E-state index is 5.87. The van der Waals surface area contributed by atoms with E-state index in [2.05, 4.69) is 9.97 Å². The fraction of sp³-hybridized carbons (Fsp3) is 0. The van der Waals surface area contributed by atoms with Crippen LogP contribution in [0.3, 0.4) is 0 Å². The summed E-state index contributed by atoms with van der Waals surface area (Å²) in [6.07, 6.45) is 1.74. The second kappa shape index (κ2) is 4.15. The van der Waals surface area contributed by atoms with Crippen LogP contribution < -0.4 is 0 Å². The van der Waals surface area contributed by atoms with E-state index in [1.54, 1.807) is 12.3 Å². The molecule has 0 saturated carbocycles. The van der Waals surface area contributed by atoms with Gasteiger partial charge in [-0.25, -0.2) is 9.97 Å². The Kier molecular flexibility index (Phi) is 2.50. The van der Waals surface area contributed by atoms with Crippen molar-refractivity contribution >= 4 is 22.5 Å². The quantitative estimate of drug-likeness (QED) is 0.602. The molecular formula is C14H9ClN2. The van der Waals surface area contributed by atoms with Gasteiger partial charge in [0.2, 0.25) is 0 Å². The highest BCUT2D eigenvalue weighted by Gasteiger charge is 2.01. The second-order valence-corrected chi connectivity index (χ2v) is 4.15. The number of nitrogens with zero attached hydrogens (tertiary/aromatic N) is 2. The van der Waals surface area contributed by atoms with Crippen molar-refractivity contribution < 1.29 is 0 Å². The van der Waals surface area contributed by atoms with Crippen LogP contribution in [0.25, 0.3) is 22.2 Å². The third-order valence-electron chi connectivity index (χ3n) is 2.61. The van der Waals surface area contributed by atoms with Crippen LogP contribution in [0, 0.1) is 0 Å². The molecule has 82 valence electrons. The molecule has 0 aliphatic carbocycles. The van der Waals surface area contributed by atoms with E-state index in [1.165, 1.54) is 0 Å². The molecule has 3 aromatic rings. The van der Waals surface area contributed by atoms with Gasteiger partial charge in [0.25, 0.3) is 0 Å². The van der Waals surface area contributed by atoms with Crippen LogP contribution >= 0.6 is 11.6 Å². The van der Waals surface area contributed by atoms with Crippen LogP contribution in [-0.2, 0) is 0 Å². The molecular weight excluding hydrogens is 232 g/mol. The summed E-state index contributed by atoms with van der Waals surface area (Å²) in [5.74, 6) is 0. The second-order valence-electron chi connectivity index (χ2n) is 3.76. The minimum absolute atomic E-state index is 0.468. The molecule has 0 unspecified atom stereocenters. The molecule has 3 heteroatoms. The maximum Gasteiger partial charge on any atom is 0.131 e. The fourth-order valence-electron chi connectivity index (χ4n) is 1.76. The van der Waals surface area contributed by atoms with Gasteiger partial charge in [-0.2, -0.15) is 0 Å². The largest absolute Gasteiger partial charge is 0.248 e. The normalized spacial score (nSPS) is 10.6. The van der Waals surface area contributed by atoms with Crippen LogP contribution in [0.4, 0.5) is 0 Å². The lowest BCUT2D eigenvalue weighted by molar-refractivity contribution is 1.32. The van der Waals surface area contributed by atoms with Gasteiger partial charge in [-0.15, -0.1) is 0 Å². The van der Waals surface area contributed by atoms with Crippen LogP contribution in [0.15, 0.2) is 54.7 Å².